The van der Waals surface area contributed by atoms with Crippen molar-refractivity contribution in [2.24, 2.45) is 0 Å². The zero-order valence-corrected chi connectivity index (χ0v) is 14.8. The van der Waals surface area contributed by atoms with Crippen LogP contribution >= 0.6 is 0 Å². The molecule has 0 radical (unpaired) electrons. The molecular weight excluding hydrogens is 324 g/mol. The van der Waals surface area contributed by atoms with Gasteiger partial charge in [-0.2, -0.15) is 0 Å². The summed E-state index contributed by atoms with van der Waals surface area (Å²) in [5.41, 5.74) is 2.28. The molecule has 3 rings (SSSR count). The van der Waals surface area contributed by atoms with Crippen LogP contribution in [0.15, 0.2) is 90.4 Å². The highest BCUT2D eigenvalue weighted by Gasteiger charge is 2.20. The molecule has 0 saturated heterocycles. The van der Waals surface area contributed by atoms with E-state index in [1.807, 2.05) is 60.7 Å². The van der Waals surface area contributed by atoms with Gasteiger partial charge in [0.05, 0.1) is 12.7 Å². The van der Waals surface area contributed by atoms with Crippen LogP contribution in [0, 0.1) is 0 Å². The van der Waals surface area contributed by atoms with Crippen molar-refractivity contribution in [3.8, 4) is 0 Å². The number of carbonyl (C=O) groups excluding carboxylic acids is 1. The van der Waals surface area contributed by atoms with E-state index in [1.165, 1.54) is 11.6 Å². The normalized spacial score (nSPS) is 18.4. The largest absolute Gasteiger partial charge is 0.463 e. The molecule has 1 aliphatic heterocycles. The molecular formula is C23H22O3. The first kappa shape index (κ1) is 17.7. The fraction of sp³-hybridized carbons (Fsp3) is 0.174. The quantitative estimate of drug-likeness (QED) is 0.549. The van der Waals surface area contributed by atoms with Crippen LogP contribution in [0.3, 0.4) is 0 Å². The van der Waals surface area contributed by atoms with Crippen molar-refractivity contribution in [3.05, 3.63) is 102 Å². The molecule has 0 bridgehead atoms. The second-order valence-electron chi connectivity index (χ2n) is 6.00. The SMILES string of the molecule is CCOC(=O)/C=C1/C[C@H](c2ccccc2)C=C(/C=C/c2ccccc2)O1. The lowest BCUT2D eigenvalue weighted by atomic mass is 9.92. The number of esters is 1. The maximum absolute atomic E-state index is 11.8. The maximum Gasteiger partial charge on any atom is 0.334 e. The predicted molar refractivity (Wildman–Crippen MR) is 103 cm³/mol. The molecule has 0 aromatic heterocycles. The zero-order chi connectivity index (χ0) is 18.2. The number of benzene rings is 2. The minimum Gasteiger partial charge on any atom is -0.463 e. The van der Waals surface area contributed by atoms with Crippen LogP contribution in [0.5, 0.6) is 0 Å². The Morgan fingerprint density at radius 2 is 1.77 bits per heavy atom. The third-order valence-corrected chi connectivity index (χ3v) is 4.07. The maximum atomic E-state index is 11.8. The minimum atomic E-state index is -0.373. The smallest absolute Gasteiger partial charge is 0.334 e. The summed E-state index contributed by atoms with van der Waals surface area (Å²) < 4.78 is 10.9. The monoisotopic (exact) mass is 346 g/mol. The van der Waals surface area contributed by atoms with Gasteiger partial charge in [0.1, 0.15) is 11.5 Å². The fourth-order valence-electron chi connectivity index (χ4n) is 2.85. The Morgan fingerprint density at radius 3 is 2.46 bits per heavy atom. The molecule has 132 valence electrons. The number of allylic oxidation sites excluding steroid dienone is 3. The van der Waals surface area contributed by atoms with Gasteiger partial charge < -0.3 is 9.47 Å². The summed E-state index contributed by atoms with van der Waals surface area (Å²) in [5.74, 6) is 1.13. The Labute approximate surface area is 154 Å². The van der Waals surface area contributed by atoms with Gasteiger partial charge in [0, 0.05) is 12.3 Å². The Hall–Kier alpha value is -3.07. The fourth-order valence-corrected chi connectivity index (χ4v) is 2.85. The molecule has 0 spiro atoms. The van der Waals surface area contributed by atoms with Gasteiger partial charge in [-0.3, -0.25) is 0 Å². The van der Waals surface area contributed by atoms with Crippen molar-refractivity contribution in [1.82, 2.24) is 0 Å². The molecule has 0 amide bonds. The summed E-state index contributed by atoms with van der Waals surface area (Å²) in [4.78, 5) is 11.8. The number of ether oxygens (including phenoxy) is 2. The molecule has 26 heavy (non-hydrogen) atoms. The summed E-state index contributed by atoms with van der Waals surface area (Å²) in [5, 5.41) is 0. The second-order valence-corrected chi connectivity index (χ2v) is 6.00. The van der Waals surface area contributed by atoms with Crippen molar-refractivity contribution in [3.63, 3.8) is 0 Å². The van der Waals surface area contributed by atoms with Gasteiger partial charge in [0.15, 0.2) is 0 Å². The van der Waals surface area contributed by atoms with Crippen LogP contribution < -0.4 is 0 Å². The third-order valence-electron chi connectivity index (χ3n) is 4.07. The van der Waals surface area contributed by atoms with E-state index in [4.69, 9.17) is 9.47 Å². The number of hydrogen-bond donors (Lipinski definition) is 0. The molecule has 0 aliphatic carbocycles. The van der Waals surface area contributed by atoms with Crippen LogP contribution in [-0.4, -0.2) is 12.6 Å². The van der Waals surface area contributed by atoms with Gasteiger partial charge in [-0.15, -0.1) is 0 Å². The lowest BCUT2D eigenvalue weighted by Gasteiger charge is -2.23. The topological polar surface area (TPSA) is 35.5 Å². The van der Waals surface area contributed by atoms with E-state index in [0.717, 1.165) is 11.3 Å². The van der Waals surface area contributed by atoms with Gasteiger partial charge in [0.25, 0.3) is 0 Å². The second kappa shape index (κ2) is 8.86. The van der Waals surface area contributed by atoms with Gasteiger partial charge in [-0.1, -0.05) is 66.7 Å². The average Bonchev–Trinajstić information content (AvgIpc) is 2.68. The van der Waals surface area contributed by atoms with Crippen molar-refractivity contribution < 1.29 is 14.3 Å². The molecule has 0 fully saturated rings. The van der Waals surface area contributed by atoms with Gasteiger partial charge in [-0.25, -0.2) is 4.79 Å². The number of hydrogen-bond acceptors (Lipinski definition) is 3. The summed E-state index contributed by atoms with van der Waals surface area (Å²) in [6.45, 7) is 2.14. The number of carbonyl (C=O) groups is 1. The summed E-state index contributed by atoms with van der Waals surface area (Å²) in [6, 6.07) is 20.3. The van der Waals surface area contributed by atoms with E-state index in [0.29, 0.717) is 18.8 Å². The van der Waals surface area contributed by atoms with Gasteiger partial charge in [0.2, 0.25) is 0 Å². The van der Waals surface area contributed by atoms with Crippen molar-refractivity contribution in [2.45, 2.75) is 19.3 Å². The molecule has 0 saturated carbocycles. The molecule has 0 N–H and O–H groups in total. The summed E-state index contributed by atoms with van der Waals surface area (Å²) in [6.07, 6.45) is 8.11. The Kier molecular flexibility index (Phi) is 6.05. The van der Waals surface area contributed by atoms with Gasteiger partial charge in [-0.05, 0) is 30.2 Å². The van der Waals surface area contributed by atoms with Crippen LogP contribution in [0.4, 0.5) is 0 Å². The first-order valence-electron chi connectivity index (χ1n) is 8.79. The van der Waals surface area contributed by atoms with E-state index in [2.05, 4.69) is 18.2 Å². The van der Waals surface area contributed by atoms with E-state index in [1.54, 1.807) is 6.92 Å². The van der Waals surface area contributed by atoms with E-state index >= 15 is 0 Å². The lowest BCUT2D eigenvalue weighted by molar-refractivity contribution is -0.137. The Balaban J connectivity index is 1.86. The molecule has 0 unspecified atom stereocenters. The summed E-state index contributed by atoms with van der Waals surface area (Å²) >= 11 is 0. The van der Waals surface area contributed by atoms with Crippen molar-refractivity contribution in [2.75, 3.05) is 6.61 Å². The van der Waals surface area contributed by atoms with Crippen LogP contribution in [-0.2, 0) is 14.3 Å². The first-order chi connectivity index (χ1) is 12.7. The van der Waals surface area contributed by atoms with Crippen molar-refractivity contribution >= 4 is 12.0 Å². The van der Waals surface area contributed by atoms with E-state index in [-0.39, 0.29) is 11.9 Å². The van der Waals surface area contributed by atoms with E-state index < -0.39 is 0 Å². The zero-order valence-electron chi connectivity index (χ0n) is 14.8. The predicted octanol–water partition coefficient (Wildman–Crippen LogP) is 5.23. The Bertz CT molecular complexity index is 817. The van der Waals surface area contributed by atoms with Crippen LogP contribution in [0.2, 0.25) is 0 Å². The summed E-state index contributed by atoms with van der Waals surface area (Å²) in [7, 11) is 0. The molecule has 2 aromatic rings. The molecule has 1 heterocycles. The number of rotatable bonds is 5. The highest BCUT2D eigenvalue weighted by Crippen LogP contribution is 2.33. The minimum absolute atomic E-state index is 0.154. The average molecular weight is 346 g/mol. The molecule has 3 nitrogen and oxygen atoms in total. The van der Waals surface area contributed by atoms with Crippen molar-refractivity contribution in [1.29, 1.82) is 0 Å². The lowest BCUT2D eigenvalue weighted by Crippen LogP contribution is -2.10. The highest BCUT2D eigenvalue weighted by atomic mass is 16.5. The first-order valence-corrected chi connectivity index (χ1v) is 8.79. The third kappa shape index (κ3) is 4.96. The van der Waals surface area contributed by atoms with Crippen LogP contribution in [0.1, 0.15) is 30.4 Å². The van der Waals surface area contributed by atoms with Gasteiger partial charge >= 0.3 is 5.97 Å². The standard InChI is InChI=1S/C23H22O3/c1-2-25-23(24)17-22-16-20(19-11-7-4-8-12-19)15-21(26-22)14-13-18-9-5-3-6-10-18/h3-15,17,20H,2,16H2,1H3/b14-13+,22-17-/t20-/m1/s1. The highest BCUT2D eigenvalue weighted by molar-refractivity contribution is 5.82. The molecule has 2 aromatic carbocycles. The van der Waals surface area contributed by atoms with Crippen LogP contribution in [0.25, 0.3) is 6.08 Å². The molecule has 1 aliphatic rings. The van der Waals surface area contributed by atoms with E-state index in [9.17, 15) is 4.79 Å². The Morgan fingerprint density at radius 1 is 1.08 bits per heavy atom. The molecule has 1 atom stereocenters. The molecule has 3 heteroatoms.